The minimum absolute atomic E-state index is 0.401. The molecule has 1 rings (SSSR count). The highest BCUT2D eigenvalue weighted by Gasteiger charge is 2.47. The summed E-state index contributed by atoms with van der Waals surface area (Å²) in [5.74, 6) is 6.03. The third-order valence-corrected chi connectivity index (χ3v) is 9.40. The van der Waals surface area contributed by atoms with Crippen molar-refractivity contribution in [2.45, 2.75) is 128 Å². The summed E-state index contributed by atoms with van der Waals surface area (Å²) in [4.78, 5) is 0. The van der Waals surface area contributed by atoms with Crippen LogP contribution in [0.2, 0.25) is 0 Å². The first-order valence-corrected chi connectivity index (χ1v) is 12.9. The van der Waals surface area contributed by atoms with Gasteiger partial charge in [-0.1, -0.05) is 115 Å². The molecule has 4 atom stereocenters. The lowest BCUT2D eigenvalue weighted by molar-refractivity contribution is -0.0417. The lowest BCUT2D eigenvalue weighted by Gasteiger charge is -2.53. The van der Waals surface area contributed by atoms with E-state index < -0.39 is 0 Å². The van der Waals surface area contributed by atoms with Crippen LogP contribution in [0.1, 0.15) is 128 Å². The fourth-order valence-electron chi connectivity index (χ4n) is 6.75. The molecule has 0 heteroatoms. The standard InChI is InChI=1S/C28H56/c1-12-15-23(20(3)4)18-19-25(27(8,9)13-2)28(10,11)22(7)26(21(5)6)24-16-14-17-24/h20-26H,12-19H2,1-11H3. The van der Waals surface area contributed by atoms with Crippen LogP contribution in [0.3, 0.4) is 0 Å². The van der Waals surface area contributed by atoms with Crippen molar-refractivity contribution < 1.29 is 0 Å². The molecule has 0 aromatic rings. The van der Waals surface area contributed by atoms with Gasteiger partial charge < -0.3 is 0 Å². The van der Waals surface area contributed by atoms with Crippen LogP contribution in [-0.4, -0.2) is 0 Å². The Morgan fingerprint density at radius 3 is 1.71 bits per heavy atom. The summed E-state index contributed by atoms with van der Waals surface area (Å²) in [6.45, 7) is 27.7. The Morgan fingerprint density at radius 1 is 0.786 bits per heavy atom. The average Bonchev–Trinajstić information content (AvgIpc) is 2.55. The molecule has 1 fully saturated rings. The van der Waals surface area contributed by atoms with Gasteiger partial charge in [0.25, 0.3) is 0 Å². The Kier molecular flexibility index (Phi) is 10.1. The van der Waals surface area contributed by atoms with Crippen LogP contribution < -0.4 is 0 Å². The maximum atomic E-state index is 2.64. The molecule has 1 saturated carbocycles. The lowest BCUT2D eigenvalue weighted by Crippen LogP contribution is -2.46. The molecule has 0 nitrogen and oxygen atoms in total. The van der Waals surface area contributed by atoms with E-state index in [9.17, 15) is 0 Å². The van der Waals surface area contributed by atoms with Crippen LogP contribution >= 0.6 is 0 Å². The van der Waals surface area contributed by atoms with Gasteiger partial charge in [0.2, 0.25) is 0 Å². The van der Waals surface area contributed by atoms with E-state index in [0.29, 0.717) is 10.8 Å². The molecule has 0 heterocycles. The predicted octanol–water partition coefficient (Wildman–Crippen LogP) is 9.63. The molecule has 0 aliphatic heterocycles. The number of hydrogen-bond donors (Lipinski definition) is 0. The zero-order valence-electron chi connectivity index (χ0n) is 21.7. The first-order chi connectivity index (χ1) is 12.9. The Balaban J connectivity index is 3.09. The van der Waals surface area contributed by atoms with Gasteiger partial charge in [0.1, 0.15) is 0 Å². The van der Waals surface area contributed by atoms with E-state index in [1.165, 1.54) is 51.4 Å². The second-order valence-electron chi connectivity index (χ2n) is 12.4. The molecule has 168 valence electrons. The Hall–Kier alpha value is 0. The van der Waals surface area contributed by atoms with E-state index in [2.05, 4.69) is 76.2 Å². The quantitative estimate of drug-likeness (QED) is 0.292. The monoisotopic (exact) mass is 392 g/mol. The van der Waals surface area contributed by atoms with Crippen LogP contribution in [-0.2, 0) is 0 Å². The molecule has 0 aromatic carbocycles. The number of rotatable bonds is 13. The van der Waals surface area contributed by atoms with Crippen LogP contribution in [0.5, 0.6) is 0 Å². The van der Waals surface area contributed by atoms with Crippen LogP contribution in [0.4, 0.5) is 0 Å². The molecule has 28 heavy (non-hydrogen) atoms. The van der Waals surface area contributed by atoms with Crippen molar-refractivity contribution in [3.8, 4) is 0 Å². The fourth-order valence-corrected chi connectivity index (χ4v) is 6.75. The zero-order chi connectivity index (χ0) is 21.7. The van der Waals surface area contributed by atoms with Gasteiger partial charge in [0, 0.05) is 0 Å². The van der Waals surface area contributed by atoms with Crippen molar-refractivity contribution in [3.63, 3.8) is 0 Å². The smallest absolute Gasteiger partial charge is 0.0292 e. The van der Waals surface area contributed by atoms with Gasteiger partial charge in [-0.25, -0.2) is 0 Å². The summed E-state index contributed by atoms with van der Waals surface area (Å²) in [6.07, 6.45) is 11.3. The maximum absolute atomic E-state index is 2.64. The molecule has 1 aliphatic rings. The SMILES string of the molecule is CCCC(CCC(C(C)(C)CC)C(C)(C)C(C)C(C(C)C)C1CCC1)C(C)C. The van der Waals surface area contributed by atoms with Crippen molar-refractivity contribution in [3.05, 3.63) is 0 Å². The Labute approximate surface area is 180 Å². The van der Waals surface area contributed by atoms with E-state index in [1.54, 1.807) is 0 Å². The molecule has 0 spiro atoms. The molecule has 0 bridgehead atoms. The highest BCUT2D eigenvalue weighted by Crippen LogP contribution is 2.55. The molecule has 0 aromatic heterocycles. The van der Waals surface area contributed by atoms with Crippen molar-refractivity contribution in [1.82, 2.24) is 0 Å². The summed E-state index contributed by atoms with van der Waals surface area (Å²) < 4.78 is 0. The second-order valence-corrected chi connectivity index (χ2v) is 12.4. The first-order valence-electron chi connectivity index (χ1n) is 12.9. The second kappa shape index (κ2) is 10.9. The largest absolute Gasteiger partial charge is 0.0654 e. The summed E-state index contributed by atoms with van der Waals surface area (Å²) in [6, 6.07) is 0. The highest BCUT2D eigenvalue weighted by atomic mass is 14.5. The van der Waals surface area contributed by atoms with Gasteiger partial charge in [-0.05, 0) is 65.1 Å². The van der Waals surface area contributed by atoms with Gasteiger partial charge in [-0.3, -0.25) is 0 Å². The molecular weight excluding hydrogens is 336 g/mol. The van der Waals surface area contributed by atoms with Gasteiger partial charge in [0.05, 0.1) is 0 Å². The summed E-state index contributed by atoms with van der Waals surface area (Å²) >= 11 is 0. The topological polar surface area (TPSA) is 0 Å². The van der Waals surface area contributed by atoms with Crippen molar-refractivity contribution in [1.29, 1.82) is 0 Å². The van der Waals surface area contributed by atoms with E-state index in [4.69, 9.17) is 0 Å². The van der Waals surface area contributed by atoms with E-state index in [-0.39, 0.29) is 0 Å². The lowest BCUT2D eigenvalue weighted by atomic mass is 9.52. The average molecular weight is 393 g/mol. The molecular formula is C28H56. The van der Waals surface area contributed by atoms with Gasteiger partial charge in [0.15, 0.2) is 0 Å². The van der Waals surface area contributed by atoms with Crippen LogP contribution in [0, 0.1) is 52.3 Å². The molecule has 0 saturated heterocycles. The molecule has 0 N–H and O–H groups in total. The first kappa shape index (κ1) is 26.0. The number of hydrogen-bond acceptors (Lipinski definition) is 0. The molecule has 1 aliphatic carbocycles. The third-order valence-electron chi connectivity index (χ3n) is 9.40. The van der Waals surface area contributed by atoms with Crippen molar-refractivity contribution >= 4 is 0 Å². The summed E-state index contributed by atoms with van der Waals surface area (Å²) in [7, 11) is 0. The maximum Gasteiger partial charge on any atom is -0.0292 e. The van der Waals surface area contributed by atoms with E-state index in [0.717, 1.165) is 41.4 Å². The van der Waals surface area contributed by atoms with Gasteiger partial charge >= 0.3 is 0 Å². The summed E-state index contributed by atoms with van der Waals surface area (Å²) in [5, 5.41) is 0. The zero-order valence-corrected chi connectivity index (χ0v) is 21.7. The van der Waals surface area contributed by atoms with Crippen molar-refractivity contribution in [2.75, 3.05) is 0 Å². The highest BCUT2D eigenvalue weighted by molar-refractivity contribution is 4.96. The molecule has 4 unspecified atom stereocenters. The Morgan fingerprint density at radius 2 is 1.36 bits per heavy atom. The third kappa shape index (κ3) is 6.25. The molecule has 0 amide bonds. The minimum atomic E-state index is 0.401. The van der Waals surface area contributed by atoms with E-state index >= 15 is 0 Å². The fraction of sp³-hybridized carbons (Fsp3) is 1.00. The van der Waals surface area contributed by atoms with Crippen LogP contribution in [0.25, 0.3) is 0 Å². The normalized spacial score (nSPS) is 20.9. The predicted molar refractivity (Wildman–Crippen MR) is 129 cm³/mol. The minimum Gasteiger partial charge on any atom is -0.0654 e. The molecule has 0 radical (unpaired) electrons. The van der Waals surface area contributed by atoms with Crippen LogP contribution in [0.15, 0.2) is 0 Å². The Bertz CT molecular complexity index is 423. The van der Waals surface area contributed by atoms with E-state index in [1.807, 2.05) is 0 Å². The van der Waals surface area contributed by atoms with Gasteiger partial charge in [-0.15, -0.1) is 0 Å². The summed E-state index contributed by atoms with van der Waals surface area (Å²) in [5.41, 5.74) is 0.824. The van der Waals surface area contributed by atoms with Gasteiger partial charge in [-0.2, -0.15) is 0 Å². The van der Waals surface area contributed by atoms with Crippen molar-refractivity contribution in [2.24, 2.45) is 52.3 Å².